The molecular weight excluding hydrogens is 456 g/mol. The van der Waals surface area contributed by atoms with Crippen molar-refractivity contribution in [2.75, 3.05) is 13.7 Å². The third-order valence-electron chi connectivity index (χ3n) is 5.96. The third-order valence-corrected chi connectivity index (χ3v) is 5.96. The Hall–Kier alpha value is -3.92. The van der Waals surface area contributed by atoms with Gasteiger partial charge in [-0.1, -0.05) is 0 Å². The van der Waals surface area contributed by atoms with Crippen LogP contribution in [0.25, 0.3) is 22.2 Å². The fraction of sp³-hybridized carbons (Fsp3) is 0.280. The first-order valence-corrected chi connectivity index (χ1v) is 11.0. The van der Waals surface area contributed by atoms with E-state index >= 15 is 0 Å². The first kappa shape index (κ1) is 22.9. The van der Waals surface area contributed by atoms with E-state index in [1.807, 2.05) is 18.3 Å². The number of nitrogens with one attached hydrogen (secondary N) is 1. The number of alkyl halides is 1. The Labute approximate surface area is 199 Å². The van der Waals surface area contributed by atoms with Gasteiger partial charge in [0.1, 0.15) is 5.82 Å². The summed E-state index contributed by atoms with van der Waals surface area (Å²) in [6, 6.07) is 8.01. The van der Waals surface area contributed by atoms with E-state index in [4.69, 9.17) is 14.5 Å². The number of methoxy groups -OCH3 is 1. The lowest BCUT2D eigenvalue weighted by molar-refractivity contribution is -0.00647. The summed E-state index contributed by atoms with van der Waals surface area (Å²) in [6.07, 6.45) is 3.49. The number of rotatable bonds is 5. The number of hydrogen-bond acceptors (Lipinski definition) is 6. The second-order valence-electron chi connectivity index (χ2n) is 8.65. The largest absolute Gasteiger partial charge is 0.479 e. The highest BCUT2D eigenvalue weighted by molar-refractivity contribution is 5.94. The zero-order chi connectivity index (χ0) is 24.7. The van der Waals surface area contributed by atoms with Crippen molar-refractivity contribution in [3.8, 4) is 17.1 Å². The second kappa shape index (κ2) is 8.70. The molecule has 35 heavy (non-hydrogen) atoms. The average Bonchev–Trinajstić information content (AvgIpc) is 3.23. The molecule has 0 saturated carbocycles. The van der Waals surface area contributed by atoms with E-state index in [9.17, 15) is 13.6 Å². The van der Waals surface area contributed by atoms with Crippen LogP contribution in [-0.2, 0) is 30.6 Å². The van der Waals surface area contributed by atoms with Crippen molar-refractivity contribution in [3.63, 3.8) is 0 Å². The molecule has 0 fully saturated rings. The number of carbonyl (C=O) groups excluding carboxylic acids is 1. The van der Waals surface area contributed by atoms with Gasteiger partial charge in [0, 0.05) is 41.5 Å². The summed E-state index contributed by atoms with van der Waals surface area (Å²) in [5.74, 6) is -0.727. The molecule has 180 valence electrons. The van der Waals surface area contributed by atoms with Crippen LogP contribution in [0, 0.1) is 5.82 Å². The summed E-state index contributed by atoms with van der Waals surface area (Å²) in [4.78, 5) is 21.8. The van der Waals surface area contributed by atoms with Gasteiger partial charge in [0.15, 0.2) is 5.67 Å². The Morgan fingerprint density at radius 1 is 1.31 bits per heavy atom. The quantitative estimate of drug-likeness (QED) is 0.468. The molecule has 1 amide bonds. The molecule has 1 aliphatic heterocycles. The Bertz CT molecular complexity index is 1450. The molecule has 1 atom stereocenters. The summed E-state index contributed by atoms with van der Waals surface area (Å²) < 4.78 is 41.5. The SMILES string of the molecule is COc1nn(C)cc1-c1ccc2cnc(CNC(=O)c3cc(F)c4c(c3)[C@](C)(F)COC4)cc2n1. The van der Waals surface area contributed by atoms with Crippen LogP contribution < -0.4 is 10.1 Å². The molecule has 1 aromatic carbocycles. The first-order valence-electron chi connectivity index (χ1n) is 11.0. The number of aromatic nitrogens is 4. The average molecular weight is 479 g/mol. The van der Waals surface area contributed by atoms with Gasteiger partial charge in [0.2, 0.25) is 5.88 Å². The van der Waals surface area contributed by atoms with Gasteiger partial charge in [-0.3, -0.25) is 14.5 Å². The van der Waals surface area contributed by atoms with Crippen molar-refractivity contribution in [1.29, 1.82) is 0 Å². The minimum atomic E-state index is -1.87. The number of amides is 1. The van der Waals surface area contributed by atoms with E-state index in [1.54, 1.807) is 31.1 Å². The summed E-state index contributed by atoms with van der Waals surface area (Å²) in [5.41, 5.74) is 1.13. The topological polar surface area (TPSA) is 91.2 Å². The van der Waals surface area contributed by atoms with Crippen molar-refractivity contribution in [2.24, 2.45) is 7.05 Å². The molecule has 10 heteroatoms. The normalized spacial score (nSPS) is 17.3. The Morgan fingerprint density at radius 2 is 2.14 bits per heavy atom. The molecular formula is C25H23F2N5O3. The van der Waals surface area contributed by atoms with Crippen LogP contribution in [0.1, 0.15) is 34.1 Å². The number of halogens is 2. The van der Waals surface area contributed by atoms with Crippen LogP contribution >= 0.6 is 0 Å². The smallest absolute Gasteiger partial charge is 0.251 e. The molecule has 0 saturated heterocycles. The van der Waals surface area contributed by atoms with E-state index in [1.165, 1.54) is 13.0 Å². The second-order valence-corrected chi connectivity index (χ2v) is 8.65. The molecule has 0 aliphatic carbocycles. The summed E-state index contributed by atoms with van der Waals surface area (Å²) in [7, 11) is 3.35. The summed E-state index contributed by atoms with van der Waals surface area (Å²) in [5, 5.41) is 7.81. The molecule has 0 unspecified atom stereocenters. The van der Waals surface area contributed by atoms with E-state index < -0.39 is 17.4 Å². The molecule has 5 rings (SSSR count). The van der Waals surface area contributed by atoms with E-state index in [0.29, 0.717) is 22.8 Å². The van der Waals surface area contributed by atoms with Crippen LogP contribution in [-0.4, -0.2) is 39.4 Å². The zero-order valence-corrected chi connectivity index (χ0v) is 19.4. The lowest BCUT2D eigenvalue weighted by atomic mass is 9.89. The predicted octanol–water partition coefficient (Wildman–Crippen LogP) is 3.82. The Morgan fingerprint density at radius 3 is 2.94 bits per heavy atom. The highest BCUT2D eigenvalue weighted by atomic mass is 19.1. The number of nitrogens with zero attached hydrogens (tertiary/aromatic N) is 4. The standard InChI is InChI=1S/C25H23F2N5O3/c1-25(27)13-35-12-18-19(25)6-15(7-20(18)26)23(33)29-10-16-8-22-14(9-28-16)4-5-21(30-22)17-11-32(2)31-24(17)34-3/h4-9,11H,10,12-13H2,1-3H3,(H,29,33)/t25-/m1/s1. The highest BCUT2D eigenvalue weighted by Gasteiger charge is 2.35. The monoisotopic (exact) mass is 479 g/mol. The van der Waals surface area contributed by atoms with Gasteiger partial charge < -0.3 is 14.8 Å². The minimum Gasteiger partial charge on any atom is -0.479 e. The number of benzene rings is 1. The number of fused-ring (bicyclic) bond motifs is 2. The third kappa shape index (κ3) is 4.32. The number of pyridine rings is 2. The zero-order valence-electron chi connectivity index (χ0n) is 19.4. The molecule has 4 aromatic rings. The van der Waals surface area contributed by atoms with Crippen LogP contribution in [0.5, 0.6) is 5.88 Å². The van der Waals surface area contributed by atoms with Crippen molar-refractivity contribution < 1.29 is 23.0 Å². The summed E-state index contributed by atoms with van der Waals surface area (Å²) in [6.45, 7) is 1.19. The maximum absolute atomic E-state index is 14.8. The van der Waals surface area contributed by atoms with Crippen LogP contribution in [0.3, 0.4) is 0 Å². The van der Waals surface area contributed by atoms with Gasteiger partial charge >= 0.3 is 0 Å². The number of ether oxygens (including phenoxy) is 2. The lowest BCUT2D eigenvalue weighted by Gasteiger charge is -2.29. The molecule has 4 heterocycles. The van der Waals surface area contributed by atoms with Crippen molar-refractivity contribution in [2.45, 2.75) is 25.7 Å². The molecule has 1 aliphatic rings. The Balaban J connectivity index is 1.37. The highest BCUT2D eigenvalue weighted by Crippen LogP contribution is 2.35. The van der Waals surface area contributed by atoms with Crippen molar-refractivity contribution in [3.05, 3.63) is 70.9 Å². The Kier molecular flexibility index (Phi) is 5.68. The van der Waals surface area contributed by atoms with Gasteiger partial charge in [0.25, 0.3) is 5.91 Å². The predicted molar refractivity (Wildman–Crippen MR) is 124 cm³/mol. The van der Waals surface area contributed by atoms with Gasteiger partial charge in [-0.15, -0.1) is 5.10 Å². The molecule has 0 radical (unpaired) electrons. The molecule has 8 nitrogen and oxygen atoms in total. The van der Waals surface area contributed by atoms with Crippen molar-refractivity contribution in [1.82, 2.24) is 25.1 Å². The van der Waals surface area contributed by atoms with Crippen molar-refractivity contribution >= 4 is 16.8 Å². The lowest BCUT2D eigenvalue weighted by Crippen LogP contribution is -2.31. The fourth-order valence-electron chi connectivity index (χ4n) is 4.17. The molecule has 0 spiro atoms. The molecule has 0 bridgehead atoms. The van der Waals surface area contributed by atoms with Gasteiger partial charge in [-0.2, -0.15) is 0 Å². The number of aryl methyl sites for hydroxylation is 1. The molecule has 3 aromatic heterocycles. The number of carbonyl (C=O) groups is 1. The minimum absolute atomic E-state index is 0.0243. The van der Waals surface area contributed by atoms with Gasteiger partial charge in [0.05, 0.1) is 49.3 Å². The van der Waals surface area contributed by atoms with Crippen LogP contribution in [0.4, 0.5) is 8.78 Å². The maximum Gasteiger partial charge on any atom is 0.251 e. The summed E-state index contributed by atoms with van der Waals surface area (Å²) >= 11 is 0. The van der Waals surface area contributed by atoms with Gasteiger partial charge in [-0.25, -0.2) is 13.8 Å². The van der Waals surface area contributed by atoms with E-state index in [0.717, 1.165) is 17.0 Å². The van der Waals surface area contributed by atoms with Gasteiger partial charge in [-0.05, 0) is 37.3 Å². The first-order chi connectivity index (χ1) is 16.7. The maximum atomic E-state index is 14.8. The van der Waals surface area contributed by atoms with Crippen LogP contribution in [0.2, 0.25) is 0 Å². The van der Waals surface area contributed by atoms with E-state index in [2.05, 4.69) is 15.4 Å². The molecule has 1 N–H and O–H groups in total. The van der Waals surface area contributed by atoms with Crippen LogP contribution in [0.15, 0.2) is 42.7 Å². The fourth-order valence-corrected chi connectivity index (χ4v) is 4.17. The van der Waals surface area contributed by atoms with E-state index in [-0.39, 0.29) is 36.4 Å². The number of hydrogen-bond donors (Lipinski definition) is 1.